The van der Waals surface area contributed by atoms with Gasteiger partial charge in [0.1, 0.15) is 5.75 Å². The Morgan fingerprint density at radius 1 is 1.36 bits per heavy atom. The van der Waals surface area contributed by atoms with E-state index in [1.807, 2.05) is 24.3 Å². The van der Waals surface area contributed by atoms with E-state index in [-0.39, 0.29) is 18.1 Å². The summed E-state index contributed by atoms with van der Waals surface area (Å²) in [5.41, 5.74) is 0. The van der Waals surface area contributed by atoms with E-state index in [2.05, 4.69) is 5.32 Å². The number of carbonyl (C=O) groups excluding carboxylic acids is 1. The van der Waals surface area contributed by atoms with Crippen molar-refractivity contribution in [2.75, 3.05) is 27.4 Å². The van der Waals surface area contributed by atoms with Gasteiger partial charge in [-0.1, -0.05) is 0 Å². The maximum absolute atomic E-state index is 12.5. The third kappa shape index (κ3) is 3.09. The van der Waals surface area contributed by atoms with Gasteiger partial charge in [0.2, 0.25) is 0 Å². The van der Waals surface area contributed by atoms with Crippen LogP contribution in [-0.2, 0) is 9.47 Å². The lowest BCUT2D eigenvalue weighted by Crippen LogP contribution is -2.50. The molecule has 118 valence electrons. The van der Waals surface area contributed by atoms with Crippen LogP contribution in [0.5, 0.6) is 5.75 Å². The summed E-state index contributed by atoms with van der Waals surface area (Å²) in [5, 5.41) is 4.06. The molecule has 0 unspecified atom stereocenters. The van der Waals surface area contributed by atoms with E-state index in [0.717, 1.165) is 22.3 Å². The number of fused-ring (bicyclic) bond motifs is 1. The molecule has 1 aliphatic heterocycles. The molecule has 0 spiro atoms. The Bertz CT molecular complexity index is 669. The second-order valence-electron chi connectivity index (χ2n) is 5.23. The SMILES string of the molecule is COc1ccc2cc(C(=O)N[C@H]3COCC[C@@H]3OC)sc2c1. The molecule has 0 radical (unpaired) electrons. The van der Waals surface area contributed by atoms with Crippen LogP contribution in [0.2, 0.25) is 0 Å². The molecule has 1 aromatic carbocycles. The van der Waals surface area contributed by atoms with Crippen molar-refractivity contribution in [1.29, 1.82) is 0 Å². The molecular weight excluding hydrogens is 302 g/mol. The highest BCUT2D eigenvalue weighted by atomic mass is 32.1. The molecule has 1 saturated heterocycles. The first-order valence-electron chi connectivity index (χ1n) is 7.20. The Labute approximate surface area is 133 Å². The third-order valence-electron chi connectivity index (χ3n) is 3.86. The average molecular weight is 321 g/mol. The first-order valence-corrected chi connectivity index (χ1v) is 8.02. The van der Waals surface area contributed by atoms with E-state index in [4.69, 9.17) is 14.2 Å². The van der Waals surface area contributed by atoms with Crippen LogP contribution in [-0.4, -0.2) is 45.5 Å². The molecule has 22 heavy (non-hydrogen) atoms. The Balaban J connectivity index is 1.76. The molecule has 3 rings (SSSR count). The highest BCUT2D eigenvalue weighted by Crippen LogP contribution is 2.29. The van der Waals surface area contributed by atoms with E-state index in [0.29, 0.717) is 18.1 Å². The van der Waals surface area contributed by atoms with Gasteiger partial charge in [-0.25, -0.2) is 0 Å². The molecule has 1 N–H and O–H groups in total. The van der Waals surface area contributed by atoms with Crippen molar-refractivity contribution >= 4 is 27.3 Å². The average Bonchev–Trinajstić information content (AvgIpc) is 2.98. The molecule has 0 aliphatic carbocycles. The van der Waals surface area contributed by atoms with Gasteiger partial charge in [-0.3, -0.25) is 4.79 Å². The molecule has 2 aromatic rings. The number of thiophene rings is 1. The smallest absolute Gasteiger partial charge is 0.261 e. The van der Waals surface area contributed by atoms with Crippen molar-refractivity contribution < 1.29 is 19.0 Å². The largest absolute Gasteiger partial charge is 0.497 e. The molecule has 5 nitrogen and oxygen atoms in total. The molecule has 1 aromatic heterocycles. The lowest BCUT2D eigenvalue weighted by Gasteiger charge is -2.30. The van der Waals surface area contributed by atoms with Gasteiger partial charge in [-0.05, 0) is 36.1 Å². The summed E-state index contributed by atoms with van der Waals surface area (Å²) >= 11 is 1.46. The lowest BCUT2D eigenvalue weighted by atomic mass is 10.1. The molecule has 1 aliphatic rings. The quantitative estimate of drug-likeness (QED) is 0.940. The maximum atomic E-state index is 12.5. The van der Waals surface area contributed by atoms with Crippen molar-refractivity contribution in [3.05, 3.63) is 29.1 Å². The highest BCUT2D eigenvalue weighted by Gasteiger charge is 2.27. The third-order valence-corrected chi connectivity index (χ3v) is 4.96. The zero-order valence-electron chi connectivity index (χ0n) is 12.6. The lowest BCUT2D eigenvalue weighted by molar-refractivity contribution is -0.0348. The first kappa shape index (κ1) is 15.3. The Kier molecular flexibility index (Phi) is 4.61. The van der Waals surface area contributed by atoms with Gasteiger partial charge < -0.3 is 19.5 Å². The normalized spacial score (nSPS) is 21.7. The van der Waals surface area contributed by atoms with Crippen molar-refractivity contribution in [3.8, 4) is 5.75 Å². The minimum absolute atomic E-state index is 0.00664. The topological polar surface area (TPSA) is 56.8 Å². The zero-order valence-corrected chi connectivity index (χ0v) is 13.4. The van der Waals surface area contributed by atoms with Crippen LogP contribution in [0.4, 0.5) is 0 Å². The minimum Gasteiger partial charge on any atom is -0.497 e. The Hall–Kier alpha value is -1.63. The molecule has 2 atom stereocenters. The second kappa shape index (κ2) is 6.64. The number of nitrogens with one attached hydrogen (secondary N) is 1. The van der Waals surface area contributed by atoms with Gasteiger partial charge >= 0.3 is 0 Å². The number of hydrogen-bond acceptors (Lipinski definition) is 5. The van der Waals surface area contributed by atoms with Crippen molar-refractivity contribution in [1.82, 2.24) is 5.32 Å². The number of ether oxygens (including phenoxy) is 3. The van der Waals surface area contributed by atoms with Crippen LogP contribution in [0.3, 0.4) is 0 Å². The summed E-state index contributed by atoms with van der Waals surface area (Å²) in [6.45, 7) is 1.16. The predicted molar refractivity (Wildman–Crippen MR) is 85.9 cm³/mol. The van der Waals surface area contributed by atoms with Gasteiger partial charge in [0.25, 0.3) is 5.91 Å². The monoisotopic (exact) mass is 321 g/mol. The first-order chi connectivity index (χ1) is 10.7. The summed E-state index contributed by atoms with van der Waals surface area (Å²) in [7, 11) is 3.30. The molecule has 2 heterocycles. The fourth-order valence-electron chi connectivity index (χ4n) is 2.62. The number of amides is 1. The van der Waals surface area contributed by atoms with Gasteiger partial charge in [-0.15, -0.1) is 11.3 Å². The fourth-order valence-corrected chi connectivity index (χ4v) is 3.62. The summed E-state index contributed by atoms with van der Waals surface area (Å²) in [4.78, 5) is 13.1. The predicted octanol–water partition coefficient (Wildman–Crippen LogP) is 2.44. The molecule has 0 bridgehead atoms. The van der Waals surface area contributed by atoms with Gasteiger partial charge in [0.15, 0.2) is 0 Å². The maximum Gasteiger partial charge on any atom is 0.261 e. The summed E-state index contributed by atoms with van der Waals surface area (Å²) in [5.74, 6) is 0.708. The van der Waals surface area contributed by atoms with E-state index >= 15 is 0 Å². The Morgan fingerprint density at radius 3 is 3.00 bits per heavy atom. The number of hydrogen-bond donors (Lipinski definition) is 1. The van der Waals surface area contributed by atoms with Crippen LogP contribution in [0.1, 0.15) is 16.1 Å². The number of carbonyl (C=O) groups is 1. The number of rotatable bonds is 4. The van der Waals surface area contributed by atoms with Crippen LogP contribution >= 0.6 is 11.3 Å². The van der Waals surface area contributed by atoms with Crippen LogP contribution < -0.4 is 10.1 Å². The van der Waals surface area contributed by atoms with Crippen molar-refractivity contribution in [3.63, 3.8) is 0 Å². The second-order valence-corrected chi connectivity index (χ2v) is 6.32. The van der Waals surface area contributed by atoms with Gasteiger partial charge in [-0.2, -0.15) is 0 Å². The number of benzene rings is 1. The molecule has 0 saturated carbocycles. The van der Waals surface area contributed by atoms with Crippen molar-refractivity contribution in [2.45, 2.75) is 18.6 Å². The zero-order chi connectivity index (χ0) is 15.5. The minimum atomic E-state index is -0.106. The van der Waals surface area contributed by atoms with Crippen molar-refractivity contribution in [2.24, 2.45) is 0 Å². The highest BCUT2D eigenvalue weighted by molar-refractivity contribution is 7.20. The standard InChI is InChI=1S/C16H19NO4S/c1-19-11-4-3-10-7-15(22-14(10)8-11)16(18)17-12-9-21-6-5-13(12)20-2/h3-4,7-8,12-13H,5-6,9H2,1-2H3,(H,17,18)/t12-,13-/m0/s1. The number of methoxy groups -OCH3 is 2. The molecule has 1 amide bonds. The molecule has 1 fully saturated rings. The summed E-state index contributed by atoms with van der Waals surface area (Å²) in [6.07, 6.45) is 0.803. The van der Waals surface area contributed by atoms with E-state index in [1.165, 1.54) is 11.3 Å². The summed E-state index contributed by atoms with van der Waals surface area (Å²) < 4.78 is 17.1. The summed E-state index contributed by atoms with van der Waals surface area (Å²) in [6, 6.07) is 7.60. The van der Waals surface area contributed by atoms with Gasteiger partial charge in [0.05, 0.1) is 30.7 Å². The molecular formula is C16H19NO4S. The molecule has 6 heteroatoms. The van der Waals surface area contributed by atoms with Crippen LogP contribution in [0.25, 0.3) is 10.1 Å². The van der Waals surface area contributed by atoms with Gasteiger partial charge in [0, 0.05) is 18.4 Å². The van der Waals surface area contributed by atoms with E-state index in [9.17, 15) is 4.79 Å². The Morgan fingerprint density at radius 2 is 2.23 bits per heavy atom. The van der Waals surface area contributed by atoms with Crippen LogP contribution in [0, 0.1) is 0 Å². The van der Waals surface area contributed by atoms with E-state index in [1.54, 1.807) is 14.2 Å². The van der Waals surface area contributed by atoms with Crippen LogP contribution in [0.15, 0.2) is 24.3 Å². The van der Waals surface area contributed by atoms with E-state index < -0.39 is 0 Å². The fraction of sp³-hybridized carbons (Fsp3) is 0.438.